The molecule has 2 N–H and O–H groups in total. The number of methoxy groups -OCH3 is 1. The molecule has 1 fully saturated rings. The van der Waals surface area contributed by atoms with Crippen LogP contribution in [0, 0.1) is 0 Å². The van der Waals surface area contributed by atoms with E-state index < -0.39 is 0 Å². The molecule has 120 valence electrons. The molecular weight excluding hydrogens is 296 g/mol. The summed E-state index contributed by atoms with van der Waals surface area (Å²) in [5.41, 5.74) is 1.35. The number of aromatic nitrogens is 2. The third-order valence-electron chi connectivity index (χ3n) is 3.83. The molecule has 7 heteroatoms. The van der Waals surface area contributed by atoms with E-state index in [1.54, 1.807) is 23.1 Å². The average molecular weight is 314 g/mol. The van der Waals surface area contributed by atoms with Crippen molar-refractivity contribution >= 4 is 5.91 Å². The van der Waals surface area contributed by atoms with Crippen molar-refractivity contribution in [3.8, 4) is 11.6 Å². The van der Waals surface area contributed by atoms with Crippen LogP contribution in [0.15, 0.2) is 36.7 Å². The van der Waals surface area contributed by atoms with Crippen LogP contribution in [0.3, 0.4) is 0 Å². The van der Waals surface area contributed by atoms with E-state index in [1.165, 1.54) is 13.4 Å². The molecule has 1 aliphatic rings. The molecule has 7 nitrogen and oxygen atoms in total. The maximum atomic E-state index is 12.6. The second kappa shape index (κ2) is 6.62. The number of benzene rings is 1. The summed E-state index contributed by atoms with van der Waals surface area (Å²) >= 11 is 0. The number of hydrogen-bond acceptors (Lipinski definition) is 6. The molecule has 23 heavy (non-hydrogen) atoms. The smallest absolute Gasteiger partial charge is 0.272 e. The number of aromatic hydroxyl groups is 1. The van der Waals surface area contributed by atoms with E-state index in [0.29, 0.717) is 31.2 Å². The molecule has 0 saturated carbocycles. The highest BCUT2D eigenvalue weighted by Crippen LogP contribution is 2.21. The van der Waals surface area contributed by atoms with E-state index in [4.69, 9.17) is 4.74 Å². The Morgan fingerprint density at radius 3 is 2.87 bits per heavy atom. The zero-order chi connectivity index (χ0) is 16.2. The number of rotatable bonds is 3. The van der Waals surface area contributed by atoms with Gasteiger partial charge in [0.1, 0.15) is 17.8 Å². The van der Waals surface area contributed by atoms with E-state index in [0.717, 1.165) is 5.56 Å². The first-order valence-electron chi connectivity index (χ1n) is 7.35. The Morgan fingerprint density at radius 2 is 2.13 bits per heavy atom. The molecule has 1 amide bonds. The molecule has 0 spiro atoms. The monoisotopic (exact) mass is 314 g/mol. The van der Waals surface area contributed by atoms with Gasteiger partial charge in [0.15, 0.2) is 0 Å². The lowest BCUT2D eigenvalue weighted by Crippen LogP contribution is -2.48. The number of phenolic OH excluding ortho intramolecular Hbond substituents is 1. The molecule has 1 aromatic heterocycles. The Balaban J connectivity index is 1.75. The highest BCUT2D eigenvalue weighted by Gasteiger charge is 2.26. The van der Waals surface area contributed by atoms with Crippen molar-refractivity contribution in [2.45, 2.75) is 6.04 Å². The minimum absolute atomic E-state index is 0.0250. The van der Waals surface area contributed by atoms with Gasteiger partial charge in [-0.3, -0.25) is 4.79 Å². The SMILES string of the molecule is COc1cc(C(=O)N2CCNC(c3ccc(O)cc3)C2)ncn1. The van der Waals surface area contributed by atoms with Gasteiger partial charge in [-0.1, -0.05) is 12.1 Å². The Kier molecular flexibility index (Phi) is 4.38. The zero-order valence-electron chi connectivity index (χ0n) is 12.8. The number of hydrogen-bond donors (Lipinski definition) is 2. The van der Waals surface area contributed by atoms with Crippen LogP contribution in [-0.2, 0) is 0 Å². The summed E-state index contributed by atoms with van der Waals surface area (Å²) in [5.74, 6) is 0.454. The molecular formula is C16H18N4O3. The molecule has 1 atom stereocenters. The van der Waals surface area contributed by atoms with Crippen LogP contribution in [0.5, 0.6) is 11.6 Å². The molecule has 1 saturated heterocycles. The largest absolute Gasteiger partial charge is 0.508 e. The molecule has 1 aliphatic heterocycles. The number of nitrogens with zero attached hydrogens (tertiary/aromatic N) is 3. The number of carbonyl (C=O) groups excluding carboxylic acids is 1. The maximum Gasteiger partial charge on any atom is 0.272 e. The zero-order valence-corrected chi connectivity index (χ0v) is 12.8. The van der Waals surface area contributed by atoms with E-state index in [1.807, 2.05) is 12.1 Å². The van der Waals surface area contributed by atoms with Gasteiger partial charge in [-0.2, -0.15) is 0 Å². The van der Waals surface area contributed by atoms with E-state index in [9.17, 15) is 9.90 Å². The number of ether oxygens (including phenoxy) is 1. The van der Waals surface area contributed by atoms with Gasteiger partial charge in [-0.05, 0) is 17.7 Å². The highest BCUT2D eigenvalue weighted by molar-refractivity contribution is 5.92. The molecule has 0 radical (unpaired) electrons. The number of phenols is 1. The molecule has 1 aromatic carbocycles. The van der Waals surface area contributed by atoms with Crippen LogP contribution < -0.4 is 10.1 Å². The van der Waals surface area contributed by atoms with Crippen molar-refractivity contribution in [3.05, 3.63) is 47.9 Å². The fourth-order valence-electron chi connectivity index (χ4n) is 2.59. The average Bonchev–Trinajstić information content (AvgIpc) is 2.62. The van der Waals surface area contributed by atoms with Gasteiger partial charge < -0.3 is 20.1 Å². The van der Waals surface area contributed by atoms with E-state index in [-0.39, 0.29) is 17.7 Å². The predicted molar refractivity (Wildman–Crippen MR) is 83.3 cm³/mol. The van der Waals surface area contributed by atoms with Crippen LogP contribution >= 0.6 is 0 Å². The van der Waals surface area contributed by atoms with E-state index in [2.05, 4.69) is 15.3 Å². The third kappa shape index (κ3) is 3.40. The highest BCUT2D eigenvalue weighted by atomic mass is 16.5. The second-order valence-corrected chi connectivity index (χ2v) is 5.30. The number of carbonyl (C=O) groups is 1. The van der Waals surface area contributed by atoms with Gasteiger partial charge in [0.2, 0.25) is 5.88 Å². The lowest BCUT2D eigenvalue weighted by atomic mass is 10.0. The Hall–Kier alpha value is -2.67. The van der Waals surface area contributed by atoms with Crippen LogP contribution in [0.1, 0.15) is 22.1 Å². The maximum absolute atomic E-state index is 12.6. The molecule has 0 aliphatic carbocycles. The number of nitrogens with one attached hydrogen (secondary N) is 1. The predicted octanol–water partition coefficient (Wildman–Crippen LogP) is 0.978. The lowest BCUT2D eigenvalue weighted by molar-refractivity contribution is 0.0696. The first-order valence-corrected chi connectivity index (χ1v) is 7.35. The van der Waals surface area contributed by atoms with Crippen LogP contribution in [0.4, 0.5) is 0 Å². The topological polar surface area (TPSA) is 87.6 Å². The van der Waals surface area contributed by atoms with E-state index >= 15 is 0 Å². The number of piperazine rings is 1. The molecule has 1 unspecified atom stereocenters. The quantitative estimate of drug-likeness (QED) is 0.878. The van der Waals surface area contributed by atoms with Gasteiger partial charge in [0.05, 0.1) is 7.11 Å². The molecule has 2 aromatic rings. The second-order valence-electron chi connectivity index (χ2n) is 5.30. The van der Waals surface area contributed by atoms with Gasteiger partial charge in [-0.25, -0.2) is 9.97 Å². The molecule has 3 rings (SSSR count). The van der Waals surface area contributed by atoms with Crippen LogP contribution in [0.25, 0.3) is 0 Å². The van der Waals surface area contributed by atoms with Crippen molar-refractivity contribution in [2.75, 3.05) is 26.7 Å². The van der Waals surface area contributed by atoms with Crippen molar-refractivity contribution in [1.82, 2.24) is 20.2 Å². The van der Waals surface area contributed by atoms with Crippen molar-refractivity contribution in [1.29, 1.82) is 0 Å². The first-order chi connectivity index (χ1) is 11.2. The fourth-order valence-corrected chi connectivity index (χ4v) is 2.59. The van der Waals surface area contributed by atoms with Crippen molar-refractivity contribution in [3.63, 3.8) is 0 Å². The number of amides is 1. The summed E-state index contributed by atoms with van der Waals surface area (Å²) < 4.78 is 5.04. The normalized spacial score (nSPS) is 17.8. The van der Waals surface area contributed by atoms with Gasteiger partial charge in [0, 0.05) is 31.7 Å². The van der Waals surface area contributed by atoms with Crippen molar-refractivity contribution < 1.29 is 14.6 Å². The summed E-state index contributed by atoms with van der Waals surface area (Å²) in [6.45, 7) is 1.84. The summed E-state index contributed by atoms with van der Waals surface area (Å²) in [4.78, 5) is 22.3. The lowest BCUT2D eigenvalue weighted by Gasteiger charge is -2.33. The Bertz CT molecular complexity index is 690. The Labute approximate surface area is 133 Å². The third-order valence-corrected chi connectivity index (χ3v) is 3.83. The standard InChI is InChI=1S/C16H18N4O3/c1-23-15-8-13(18-10-19-15)16(22)20-7-6-17-14(9-20)11-2-4-12(21)5-3-11/h2-5,8,10,14,17,21H,6-7,9H2,1H3. The molecule has 2 heterocycles. The fraction of sp³-hybridized carbons (Fsp3) is 0.312. The minimum Gasteiger partial charge on any atom is -0.508 e. The summed E-state index contributed by atoms with van der Waals surface area (Å²) in [6.07, 6.45) is 1.33. The van der Waals surface area contributed by atoms with Gasteiger partial charge in [-0.15, -0.1) is 0 Å². The van der Waals surface area contributed by atoms with Gasteiger partial charge >= 0.3 is 0 Å². The minimum atomic E-state index is -0.143. The molecule has 0 bridgehead atoms. The summed E-state index contributed by atoms with van der Waals surface area (Å²) in [5, 5.41) is 12.8. The summed E-state index contributed by atoms with van der Waals surface area (Å²) in [7, 11) is 1.50. The van der Waals surface area contributed by atoms with Crippen molar-refractivity contribution in [2.24, 2.45) is 0 Å². The Morgan fingerprint density at radius 1 is 1.35 bits per heavy atom. The van der Waals surface area contributed by atoms with Gasteiger partial charge in [0.25, 0.3) is 5.91 Å². The first kappa shape index (κ1) is 15.2. The van der Waals surface area contributed by atoms with Crippen LogP contribution in [0.2, 0.25) is 0 Å². The summed E-state index contributed by atoms with van der Waals surface area (Å²) in [6, 6.07) is 8.57. The van der Waals surface area contributed by atoms with Crippen LogP contribution in [-0.4, -0.2) is 52.6 Å².